The molecule has 0 aliphatic carbocycles. The first-order valence-corrected chi connectivity index (χ1v) is 14.6. The molecule has 0 saturated heterocycles. The smallest absolute Gasteiger partial charge is 0.180 e. The Morgan fingerprint density at radius 1 is 0.558 bits per heavy atom. The zero-order chi connectivity index (χ0) is 30.3. The highest BCUT2D eigenvalue weighted by atomic mass is 35.5. The van der Waals surface area contributed by atoms with Crippen LogP contribution >= 0.6 is 23.2 Å². The molecule has 4 aromatic carbocycles. The number of hydrogen-bond donors (Lipinski definition) is 0. The summed E-state index contributed by atoms with van der Waals surface area (Å²) in [4.78, 5) is 24.0. The van der Waals surface area contributed by atoms with E-state index >= 15 is 0 Å². The maximum Gasteiger partial charge on any atom is 0.180 e. The van der Waals surface area contributed by atoms with Gasteiger partial charge in [0.2, 0.25) is 0 Å². The molecule has 4 rings (SSSR count). The third-order valence-corrected chi connectivity index (χ3v) is 6.60. The van der Waals surface area contributed by atoms with Gasteiger partial charge in [-0.1, -0.05) is 83.9 Å². The van der Waals surface area contributed by atoms with Crippen molar-refractivity contribution in [2.24, 2.45) is 0 Å². The number of hydrogen-bond acceptors (Lipinski definition) is 7. The Balaban J connectivity index is 1.40. The summed E-state index contributed by atoms with van der Waals surface area (Å²) >= 11 is 12.5. The van der Waals surface area contributed by atoms with Crippen molar-refractivity contribution in [3.8, 4) is 23.0 Å². The van der Waals surface area contributed by atoms with E-state index < -0.39 is 0 Å². The molecule has 0 heterocycles. The molecule has 0 radical (unpaired) electrons. The van der Waals surface area contributed by atoms with Crippen LogP contribution in [0.4, 0.5) is 0 Å². The van der Waals surface area contributed by atoms with E-state index in [0.717, 1.165) is 11.1 Å². The maximum absolute atomic E-state index is 12.0. The molecule has 0 fully saturated rings. The summed E-state index contributed by atoms with van der Waals surface area (Å²) in [6.07, 6.45) is 2.38. The van der Waals surface area contributed by atoms with Gasteiger partial charge in [-0.25, -0.2) is 0 Å². The summed E-state index contributed by atoms with van der Waals surface area (Å²) in [5, 5.41) is 0.590. The van der Waals surface area contributed by atoms with E-state index in [2.05, 4.69) is 0 Å². The van der Waals surface area contributed by atoms with Crippen molar-refractivity contribution in [3.63, 3.8) is 0 Å². The van der Waals surface area contributed by atoms with Crippen molar-refractivity contribution < 1.29 is 33.3 Å². The van der Waals surface area contributed by atoms with Gasteiger partial charge in [-0.05, 0) is 23.3 Å². The Hall–Kier alpha value is -3.88. The van der Waals surface area contributed by atoms with Crippen LogP contribution in [-0.2, 0) is 22.7 Å². The van der Waals surface area contributed by atoms with E-state index in [9.17, 15) is 9.59 Å². The number of carbonyl (C=O) groups excluding carboxylic acids is 2. The van der Waals surface area contributed by atoms with Crippen LogP contribution in [0.25, 0.3) is 0 Å². The zero-order valence-corrected chi connectivity index (χ0v) is 25.0. The fraction of sp³-hybridized carbons (Fsp3) is 0.235. The van der Waals surface area contributed by atoms with Crippen molar-refractivity contribution in [2.75, 3.05) is 26.4 Å². The first kappa shape index (κ1) is 32.0. The Morgan fingerprint density at radius 3 is 1.37 bits per heavy atom. The summed E-state index contributed by atoms with van der Waals surface area (Å²) in [6.45, 7) is 2.47. The molecule has 0 saturated carbocycles. The van der Waals surface area contributed by atoms with Gasteiger partial charge in [0.05, 0.1) is 50.8 Å². The molecule has 224 valence electrons. The van der Waals surface area contributed by atoms with Gasteiger partial charge in [-0.2, -0.15) is 0 Å². The molecule has 0 unspecified atom stereocenters. The predicted octanol–water partition coefficient (Wildman–Crippen LogP) is 8.38. The van der Waals surface area contributed by atoms with Crippen molar-refractivity contribution in [1.82, 2.24) is 0 Å². The average Bonchev–Trinajstić information content (AvgIpc) is 3.03. The molecule has 0 spiro atoms. The van der Waals surface area contributed by atoms with Crippen molar-refractivity contribution in [1.29, 1.82) is 0 Å². The Kier molecular flexibility index (Phi) is 12.9. The van der Waals surface area contributed by atoms with Crippen LogP contribution in [0.1, 0.15) is 44.7 Å². The zero-order valence-electron chi connectivity index (χ0n) is 23.5. The highest BCUT2D eigenvalue weighted by molar-refractivity contribution is 6.31. The lowest BCUT2D eigenvalue weighted by atomic mass is 10.1. The quantitative estimate of drug-likeness (QED) is 0.0814. The lowest BCUT2D eigenvalue weighted by molar-refractivity contribution is 0.106. The standard InChI is InChI=1S/C34H32Cl2O7/c35-29-17-27(21-37)33(31(19-29)41-15-7-13-39-23-25-9-3-1-4-10-25)43-34-28(22-38)18-30(36)20-32(34)42-16-8-14-40-24-26-11-5-2-6-12-26/h1-6,9-12,17-22H,7-8,13-16,23-24H2. The van der Waals surface area contributed by atoms with E-state index in [1.807, 2.05) is 60.7 Å². The predicted molar refractivity (Wildman–Crippen MR) is 166 cm³/mol. The largest absolute Gasteiger partial charge is 0.490 e. The van der Waals surface area contributed by atoms with Gasteiger partial charge in [-0.3, -0.25) is 9.59 Å². The number of ether oxygens (including phenoxy) is 5. The molecule has 0 N–H and O–H groups in total. The van der Waals surface area contributed by atoms with E-state index in [1.54, 1.807) is 12.1 Å². The molecule has 43 heavy (non-hydrogen) atoms. The first-order chi connectivity index (χ1) is 21.1. The number of halogens is 2. The highest BCUT2D eigenvalue weighted by Gasteiger charge is 2.20. The molecule has 0 bridgehead atoms. The van der Waals surface area contributed by atoms with Crippen molar-refractivity contribution >= 4 is 35.8 Å². The first-order valence-electron chi connectivity index (χ1n) is 13.8. The Bertz CT molecular complexity index is 1350. The van der Waals surface area contributed by atoms with Gasteiger partial charge in [0, 0.05) is 35.0 Å². The summed E-state index contributed by atoms with van der Waals surface area (Å²) in [5.41, 5.74) is 2.46. The minimum Gasteiger partial charge on any atom is -0.490 e. The molecule has 0 aromatic heterocycles. The molecule has 7 nitrogen and oxygen atoms in total. The second kappa shape index (κ2) is 17.3. The van der Waals surface area contributed by atoms with Crippen LogP contribution in [0.5, 0.6) is 23.0 Å². The molecular weight excluding hydrogens is 591 g/mol. The third-order valence-electron chi connectivity index (χ3n) is 6.16. The van der Waals surface area contributed by atoms with Crippen LogP contribution < -0.4 is 14.2 Å². The van der Waals surface area contributed by atoms with Crippen LogP contribution in [-0.4, -0.2) is 39.0 Å². The fourth-order valence-corrected chi connectivity index (χ4v) is 4.54. The Morgan fingerprint density at radius 2 is 0.977 bits per heavy atom. The lowest BCUT2D eigenvalue weighted by Crippen LogP contribution is -2.07. The van der Waals surface area contributed by atoms with Gasteiger partial charge < -0.3 is 23.7 Å². The van der Waals surface area contributed by atoms with Gasteiger partial charge in [0.25, 0.3) is 0 Å². The molecule has 4 aromatic rings. The van der Waals surface area contributed by atoms with E-state index in [1.165, 1.54) is 12.1 Å². The molecule has 9 heteroatoms. The topological polar surface area (TPSA) is 80.3 Å². The average molecular weight is 624 g/mol. The van der Waals surface area contributed by atoms with Crippen LogP contribution in [0, 0.1) is 0 Å². The summed E-state index contributed by atoms with van der Waals surface area (Å²) in [7, 11) is 0. The molecule has 0 atom stereocenters. The number of aldehydes is 2. The van der Waals surface area contributed by atoms with Crippen molar-refractivity contribution in [3.05, 3.63) is 117 Å². The monoisotopic (exact) mass is 622 g/mol. The van der Waals surface area contributed by atoms with Gasteiger partial charge in [0.1, 0.15) is 0 Å². The van der Waals surface area contributed by atoms with Gasteiger partial charge in [0.15, 0.2) is 35.6 Å². The number of rotatable bonds is 18. The minimum atomic E-state index is 0.103. The highest BCUT2D eigenvalue weighted by Crippen LogP contribution is 2.43. The van der Waals surface area contributed by atoms with E-state index in [4.69, 9.17) is 46.9 Å². The SMILES string of the molecule is O=Cc1cc(Cl)cc(OCCCOCc2ccccc2)c1Oc1c(C=O)cc(Cl)cc1OCCCOCc1ccccc1. The summed E-state index contributed by atoms with van der Waals surface area (Å²) < 4.78 is 29.5. The van der Waals surface area contributed by atoms with E-state index in [0.29, 0.717) is 61.9 Å². The summed E-state index contributed by atoms with van der Waals surface area (Å²) in [5.74, 6) is 0.687. The molecule has 0 aliphatic rings. The van der Waals surface area contributed by atoms with Gasteiger partial charge in [-0.15, -0.1) is 0 Å². The molecule has 0 amide bonds. The van der Waals surface area contributed by atoms with E-state index in [-0.39, 0.29) is 47.3 Å². The lowest BCUT2D eigenvalue weighted by Gasteiger charge is -2.19. The fourth-order valence-electron chi connectivity index (χ4n) is 4.10. The second-order valence-electron chi connectivity index (χ2n) is 9.46. The van der Waals surface area contributed by atoms with Crippen LogP contribution in [0.3, 0.4) is 0 Å². The van der Waals surface area contributed by atoms with Crippen LogP contribution in [0.2, 0.25) is 10.0 Å². The Labute approximate surface area is 261 Å². The number of benzene rings is 4. The molecule has 0 aliphatic heterocycles. The summed E-state index contributed by atoms with van der Waals surface area (Å²) in [6, 6.07) is 25.8. The number of carbonyl (C=O) groups is 2. The van der Waals surface area contributed by atoms with Gasteiger partial charge >= 0.3 is 0 Å². The minimum absolute atomic E-state index is 0.103. The normalized spacial score (nSPS) is 10.7. The van der Waals surface area contributed by atoms with Crippen LogP contribution in [0.15, 0.2) is 84.9 Å². The third kappa shape index (κ3) is 10.1. The van der Waals surface area contributed by atoms with Crippen molar-refractivity contribution in [2.45, 2.75) is 26.1 Å². The maximum atomic E-state index is 12.0. The second-order valence-corrected chi connectivity index (χ2v) is 10.3. The molecular formula is C34H32Cl2O7.